The zero-order valence-electron chi connectivity index (χ0n) is 11.5. The molecule has 0 aromatic heterocycles. The van der Waals surface area contributed by atoms with Crippen molar-refractivity contribution in [2.24, 2.45) is 5.92 Å². The molecular formula is C14H25ClN2O. The summed E-state index contributed by atoms with van der Waals surface area (Å²) in [4.78, 5) is 13.0. The molecule has 1 amide bonds. The van der Waals surface area contributed by atoms with Gasteiger partial charge in [-0.3, -0.25) is 4.79 Å². The smallest absolute Gasteiger partial charge is 0.211 e. The Hall–Kier alpha value is -0.540. The lowest BCUT2D eigenvalue weighted by Crippen LogP contribution is -2.27. The quantitative estimate of drug-likeness (QED) is 0.544. The van der Waals surface area contributed by atoms with Crippen molar-refractivity contribution >= 4 is 18.0 Å². The van der Waals surface area contributed by atoms with Crippen molar-refractivity contribution in [1.29, 1.82) is 0 Å². The molecular weight excluding hydrogens is 248 g/mol. The highest BCUT2D eigenvalue weighted by Crippen LogP contribution is 2.32. The fraction of sp³-hybridized carbons (Fsp3) is 0.786. The molecule has 0 heterocycles. The van der Waals surface area contributed by atoms with Gasteiger partial charge in [0.2, 0.25) is 6.41 Å². The second kappa shape index (κ2) is 8.54. The van der Waals surface area contributed by atoms with Crippen LogP contribution in [-0.2, 0) is 4.79 Å². The Morgan fingerprint density at radius 2 is 2.28 bits per heavy atom. The van der Waals surface area contributed by atoms with Gasteiger partial charge in [-0.2, -0.15) is 0 Å². The van der Waals surface area contributed by atoms with E-state index in [9.17, 15) is 4.79 Å². The van der Waals surface area contributed by atoms with Crippen LogP contribution in [0.25, 0.3) is 0 Å². The number of carbonyl (C=O) groups is 1. The van der Waals surface area contributed by atoms with Crippen molar-refractivity contribution in [2.75, 3.05) is 26.0 Å². The number of hydrogen-bond donors (Lipinski definition) is 1. The van der Waals surface area contributed by atoms with Crippen molar-refractivity contribution in [3.05, 3.63) is 11.3 Å². The lowest BCUT2D eigenvalue weighted by Gasteiger charge is -2.28. The lowest BCUT2D eigenvalue weighted by molar-refractivity contribution is -0.109. The molecule has 18 heavy (non-hydrogen) atoms. The van der Waals surface area contributed by atoms with Crippen molar-refractivity contribution in [1.82, 2.24) is 10.2 Å². The summed E-state index contributed by atoms with van der Waals surface area (Å²) in [6, 6.07) is 0. The van der Waals surface area contributed by atoms with Crippen molar-refractivity contribution in [3.8, 4) is 0 Å². The predicted molar refractivity (Wildman–Crippen MR) is 76.7 cm³/mol. The van der Waals surface area contributed by atoms with Crippen LogP contribution in [0.1, 0.15) is 39.0 Å². The van der Waals surface area contributed by atoms with Gasteiger partial charge in [0.05, 0.1) is 0 Å². The molecule has 0 fully saturated rings. The molecule has 0 aromatic carbocycles. The average Bonchev–Trinajstić information content (AvgIpc) is 2.38. The number of alkyl halides is 1. The van der Waals surface area contributed by atoms with Gasteiger partial charge in [-0.25, -0.2) is 0 Å². The fourth-order valence-corrected chi connectivity index (χ4v) is 2.95. The molecule has 0 aromatic rings. The van der Waals surface area contributed by atoms with E-state index in [1.807, 2.05) is 0 Å². The molecule has 104 valence electrons. The van der Waals surface area contributed by atoms with Crippen LogP contribution < -0.4 is 5.32 Å². The number of hydrogen-bond acceptors (Lipinski definition) is 2. The first-order chi connectivity index (χ1) is 8.72. The van der Waals surface area contributed by atoms with Gasteiger partial charge in [0.25, 0.3) is 0 Å². The van der Waals surface area contributed by atoms with Crippen molar-refractivity contribution in [2.45, 2.75) is 39.0 Å². The van der Waals surface area contributed by atoms with E-state index in [1.54, 1.807) is 0 Å². The second-order valence-electron chi connectivity index (χ2n) is 5.02. The molecule has 0 aliphatic heterocycles. The van der Waals surface area contributed by atoms with Crippen molar-refractivity contribution in [3.63, 3.8) is 0 Å². The highest BCUT2D eigenvalue weighted by molar-refractivity contribution is 6.18. The highest BCUT2D eigenvalue weighted by atomic mass is 35.5. The van der Waals surface area contributed by atoms with Crippen molar-refractivity contribution < 1.29 is 4.79 Å². The molecule has 3 nitrogen and oxygen atoms in total. The van der Waals surface area contributed by atoms with E-state index < -0.39 is 0 Å². The molecule has 1 rings (SSSR count). The van der Waals surface area contributed by atoms with Gasteiger partial charge < -0.3 is 10.2 Å². The molecule has 1 N–H and O–H groups in total. The number of carbonyl (C=O) groups excluding carboxylic acids is 1. The van der Waals surface area contributed by atoms with Crippen LogP contribution >= 0.6 is 11.6 Å². The topological polar surface area (TPSA) is 32.3 Å². The molecule has 1 aliphatic rings. The Morgan fingerprint density at radius 3 is 2.89 bits per heavy atom. The number of halogens is 1. The first kappa shape index (κ1) is 15.5. The molecule has 1 aliphatic carbocycles. The van der Waals surface area contributed by atoms with Crippen LogP contribution in [0.2, 0.25) is 0 Å². The summed E-state index contributed by atoms with van der Waals surface area (Å²) < 4.78 is 0. The molecule has 1 unspecified atom stereocenters. The Labute approximate surface area is 116 Å². The minimum atomic E-state index is 0.539. The molecule has 0 bridgehead atoms. The largest absolute Gasteiger partial charge is 0.332 e. The first-order valence-electron chi connectivity index (χ1n) is 6.89. The summed E-state index contributed by atoms with van der Waals surface area (Å²) in [7, 11) is 2.09. The van der Waals surface area contributed by atoms with Crippen LogP contribution in [0.5, 0.6) is 0 Å². The first-order valence-corrected chi connectivity index (χ1v) is 7.43. The molecule has 4 heteroatoms. The SMILES string of the molecule is CCC1CCCC(CCN(C)CCCl)=C1NC=O. The number of nitrogens with one attached hydrogen (secondary N) is 1. The summed E-state index contributed by atoms with van der Waals surface area (Å²) in [5, 5.41) is 2.95. The summed E-state index contributed by atoms with van der Waals surface area (Å²) >= 11 is 5.73. The lowest BCUT2D eigenvalue weighted by atomic mass is 9.84. The minimum absolute atomic E-state index is 0.539. The van der Waals surface area contributed by atoms with Crippen LogP contribution in [0.4, 0.5) is 0 Å². The van der Waals surface area contributed by atoms with E-state index in [4.69, 9.17) is 11.6 Å². The molecule has 0 saturated heterocycles. The Balaban J connectivity index is 2.64. The van der Waals surface area contributed by atoms with Gasteiger partial charge in [0, 0.05) is 24.7 Å². The van der Waals surface area contributed by atoms with Crippen LogP contribution in [0, 0.1) is 5.92 Å². The van der Waals surface area contributed by atoms with Gasteiger partial charge in [-0.05, 0) is 50.6 Å². The monoisotopic (exact) mass is 272 g/mol. The number of amides is 1. The number of allylic oxidation sites excluding steroid dienone is 1. The maximum Gasteiger partial charge on any atom is 0.211 e. The third-order valence-electron chi connectivity index (χ3n) is 3.79. The molecule has 0 spiro atoms. The van der Waals surface area contributed by atoms with E-state index in [0.29, 0.717) is 11.8 Å². The summed E-state index contributed by atoms with van der Waals surface area (Å²) in [6.45, 7) is 4.13. The highest BCUT2D eigenvalue weighted by Gasteiger charge is 2.21. The maximum absolute atomic E-state index is 10.7. The minimum Gasteiger partial charge on any atom is -0.332 e. The van der Waals surface area contributed by atoms with Crippen LogP contribution in [0.15, 0.2) is 11.3 Å². The van der Waals surface area contributed by atoms with Gasteiger partial charge in [-0.1, -0.05) is 6.92 Å². The zero-order chi connectivity index (χ0) is 13.4. The summed E-state index contributed by atoms with van der Waals surface area (Å²) in [6.07, 6.45) is 6.55. The number of rotatable bonds is 8. The molecule has 0 saturated carbocycles. The van der Waals surface area contributed by atoms with Crippen LogP contribution in [0.3, 0.4) is 0 Å². The summed E-state index contributed by atoms with van der Waals surface area (Å²) in [5.41, 5.74) is 2.62. The fourth-order valence-electron chi connectivity index (χ4n) is 2.66. The maximum atomic E-state index is 10.7. The van der Waals surface area contributed by atoms with E-state index >= 15 is 0 Å². The van der Waals surface area contributed by atoms with E-state index in [0.717, 1.165) is 38.8 Å². The summed E-state index contributed by atoms with van der Waals surface area (Å²) in [5.74, 6) is 1.21. The van der Waals surface area contributed by atoms with E-state index in [1.165, 1.54) is 24.1 Å². The van der Waals surface area contributed by atoms with E-state index in [2.05, 4.69) is 24.2 Å². The Bertz CT molecular complexity index is 292. The van der Waals surface area contributed by atoms with E-state index in [-0.39, 0.29) is 0 Å². The molecule has 0 radical (unpaired) electrons. The molecule has 1 atom stereocenters. The Morgan fingerprint density at radius 1 is 1.50 bits per heavy atom. The normalized spacial score (nSPS) is 20.3. The standard InChI is InChI=1S/C14H25ClN2O/c1-3-12-5-4-6-13(14(12)16-11-18)7-9-17(2)10-8-15/h11-12H,3-10H2,1-2H3,(H,16,18). The average molecular weight is 273 g/mol. The van der Waals surface area contributed by atoms with Gasteiger partial charge >= 0.3 is 0 Å². The second-order valence-corrected chi connectivity index (χ2v) is 5.40. The predicted octanol–water partition coefficient (Wildman–Crippen LogP) is 2.76. The number of nitrogens with zero attached hydrogens (tertiary/aromatic N) is 1. The zero-order valence-corrected chi connectivity index (χ0v) is 12.3. The van der Waals surface area contributed by atoms with Gasteiger partial charge in [0.1, 0.15) is 0 Å². The van der Waals surface area contributed by atoms with Gasteiger partial charge in [0.15, 0.2) is 0 Å². The third-order valence-corrected chi connectivity index (χ3v) is 3.96. The Kier molecular flexibility index (Phi) is 7.36. The third kappa shape index (κ3) is 4.62. The van der Waals surface area contributed by atoms with Crippen LogP contribution in [-0.4, -0.2) is 37.3 Å². The van der Waals surface area contributed by atoms with Gasteiger partial charge in [-0.15, -0.1) is 11.6 Å².